The molecule has 0 saturated heterocycles. The molecule has 0 bridgehead atoms. The Bertz CT molecular complexity index is 651. The maximum atomic E-state index is 14.2. The van der Waals surface area contributed by atoms with E-state index < -0.39 is 0 Å². The molecule has 0 aliphatic rings. The number of aromatic nitrogens is 2. The molecule has 3 nitrogen and oxygen atoms in total. The summed E-state index contributed by atoms with van der Waals surface area (Å²) in [7, 11) is 0. The van der Waals surface area contributed by atoms with Crippen molar-refractivity contribution in [2.75, 3.05) is 0 Å². The standard InChI is InChI=1S/C15H17FN2O/c1-8(2)12-14(17-7-18-15(12)19)13-10(4)5-9(3)6-11(13)16/h5-8H,1-4H3,(H,17,18,19). The average Bonchev–Trinajstić information content (AvgIpc) is 2.26. The van der Waals surface area contributed by atoms with Gasteiger partial charge in [0.25, 0.3) is 5.56 Å². The Balaban J connectivity index is 2.80. The first kappa shape index (κ1) is 13.5. The van der Waals surface area contributed by atoms with Crippen molar-refractivity contribution < 1.29 is 4.39 Å². The Labute approximate surface area is 111 Å². The fourth-order valence-electron chi connectivity index (χ4n) is 2.36. The van der Waals surface area contributed by atoms with E-state index in [-0.39, 0.29) is 17.3 Å². The van der Waals surface area contributed by atoms with Crippen LogP contribution in [0.3, 0.4) is 0 Å². The van der Waals surface area contributed by atoms with Crippen LogP contribution in [0.15, 0.2) is 23.3 Å². The van der Waals surface area contributed by atoms with Crippen molar-refractivity contribution in [3.63, 3.8) is 0 Å². The van der Waals surface area contributed by atoms with Gasteiger partial charge in [0.05, 0.1) is 12.0 Å². The van der Waals surface area contributed by atoms with Crippen molar-refractivity contribution in [1.29, 1.82) is 0 Å². The molecule has 0 unspecified atom stereocenters. The highest BCUT2D eigenvalue weighted by atomic mass is 19.1. The Morgan fingerprint density at radius 2 is 1.95 bits per heavy atom. The third-order valence-corrected chi connectivity index (χ3v) is 3.13. The van der Waals surface area contributed by atoms with Crippen LogP contribution in [0.25, 0.3) is 11.3 Å². The molecule has 0 spiro atoms. The van der Waals surface area contributed by atoms with Crippen LogP contribution in [0.4, 0.5) is 4.39 Å². The van der Waals surface area contributed by atoms with Gasteiger partial charge in [0.2, 0.25) is 0 Å². The Morgan fingerprint density at radius 1 is 1.26 bits per heavy atom. The van der Waals surface area contributed by atoms with E-state index in [9.17, 15) is 9.18 Å². The van der Waals surface area contributed by atoms with Gasteiger partial charge in [-0.3, -0.25) is 4.79 Å². The number of halogens is 1. The number of nitrogens with one attached hydrogen (secondary N) is 1. The van der Waals surface area contributed by atoms with Gasteiger partial charge >= 0.3 is 0 Å². The predicted molar refractivity (Wildman–Crippen MR) is 73.8 cm³/mol. The summed E-state index contributed by atoms with van der Waals surface area (Å²) in [6.45, 7) is 7.47. The molecule has 0 saturated carbocycles. The summed E-state index contributed by atoms with van der Waals surface area (Å²) >= 11 is 0. The lowest BCUT2D eigenvalue weighted by Crippen LogP contribution is -2.17. The molecule has 4 heteroatoms. The second kappa shape index (κ2) is 4.96. The van der Waals surface area contributed by atoms with Gasteiger partial charge in [-0.2, -0.15) is 0 Å². The van der Waals surface area contributed by atoms with Crippen LogP contribution in [0, 0.1) is 19.7 Å². The minimum Gasteiger partial charge on any atom is -0.313 e. The molecule has 0 aliphatic carbocycles. The van der Waals surface area contributed by atoms with Crippen LogP contribution in [-0.2, 0) is 0 Å². The van der Waals surface area contributed by atoms with E-state index in [1.807, 2.05) is 33.8 Å². The second-order valence-corrected chi connectivity index (χ2v) is 5.09. The minimum absolute atomic E-state index is 0.0208. The number of rotatable bonds is 2. The summed E-state index contributed by atoms with van der Waals surface area (Å²) < 4.78 is 14.2. The van der Waals surface area contributed by atoms with Crippen molar-refractivity contribution in [3.05, 3.63) is 51.3 Å². The highest BCUT2D eigenvalue weighted by Crippen LogP contribution is 2.30. The van der Waals surface area contributed by atoms with Crippen LogP contribution in [0.5, 0.6) is 0 Å². The molecule has 100 valence electrons. The number of benzene rings is 1. The third kappa shape index (κ3) is 2.43. The first-order valence-electron chi connectivity index (χ1n) is 6.26. The third-order valence-electron chi connectivity index (χ3n) is 3.13. The fourth-order valence-corrected chi connectivity index (χ4v) is 2.36. The van der Waals surface area contributed by atoms with Crippen LogP contribution in [0.2, 0.25) is 0 Å². The van der Waals surface area contributed by atoms with Crippen molar-refractivity contribution in [2.24, 2.45) is 0 Å². The van der Waals surface area contributed by atoms with Gasteiger partial charge in [-0.1, -0.05) is 19.9 Å². The molecular weight excluding hydrogens is 243 g/mol. The Hall–Kier alpha value is -1.97. The van der Waals surface area contributed by atoms with Crippen LogP contribution >= 0.6 is 0 Å². The van der Waals surface area contributed by atoms with E-state index in [0.29, 0.717) is 16.8 Å². The Kier molecular flexibility index (Phi) is 3.51. The highest BCUT2D eigenvalue weighted by Gasteiger charge is 2.19. The van der Waals surface area contributed by atoms with E-state index in [1.165, 1.54) is 12.4 Å². The zero-order valence-electron chi connectivity index (χ0n) is 11.5. The van der Waals surface area contributed by atoms with Crippen molar-refractivity contribution >= 4 is 0 Å². The quantitative estimate of drug-likeness (QED) is 0.900. The monoisotopic (exact) mass is 260 g/mol. The summed E-state index contributed by atoms with van der Waals surface area (Å²) in [5.74, 6) is -0.356. The van der Waals surface area contributed by atoms with E-state index in [4.69, 9.17) is 0 Å². The topological polar surface area (TPSA) is 45.8 Å². The molecule has 0 amide bonds. The summed E-state index contributed by atoms with van der Waals surface area (Å²) in [6.07, 6.45) is 1.32. The molecule has 0 radical (unpaired) electrons. The van der Waals surface area contributed by atoms with Crippen molar-refractivity contribution in [3.8, 4) is 11.3 Å². The fraction of sp³-hybridized carbons (Fsp3) is 0.333. The number of nitrogens with zero attached hydrogens (tertiary/aromatic N) is 1. The summed E-state index contributed by atoms with van der Waals surface area (Å²) in [5, 5.41) is 0. The number of hydrogen-bond acceptors (Lipinski definition) is 2. The number of aryl methyl sites for hydroxylation is 2. The lowest BCUT2D eigenvalue weighted by atomic mass is 9.94. The van der Waals surface area contributed by atoms with Crippen molar-refractivity contribution in [2.45, 2.75) is 33.6 Å². The molecule has 1 heterocycles. The molecule has 0 aliphatic heterocycles. The smallest absolute Gasteiger partial charge is 0.254 e. The zero-order chi connectivity index (χ0) is 14.2. The first-order valence-corrected chi connectivity index (χ1v) is 6.26. The van der Waals surface area contributed by atoms with Gasteiger partial charge < -0.3 is 4.98 Å². The average molecular weight is 260 g/mol. The van der Waals surface area contributed by atoms with Crippen LogP contribution in [-0.4, -0.2) is 9.97 Å². The van der Waals surface area contributed by atoms with E-state index >= 15 is 0 Å². The number of H-pyrrole nitrogens is 1. The van der Waals surface area contributed by atoms with Gasteiger partial charge in [-0.05, 0) is 37.0 Å². The second-order valence-electron chi connectivity index (χ2n) is 5.09. The molecule has 2 rings (SSSR count). The van der Waals surface area contributed by atoms with Gasteiger partial charge in [0, 0.05) is 11.1 Å². The van der Waals surface area contributed by atoms with Crippen LogP contribution < -0.4 is 5.56 Å². The molecule has 1 aromatic heterocycles. The van der Waals surface area contributed by atoms with E-state index in [2.05, 4.69) is 9.97 Å². The summed E-state index contributed by atoms with van der Waals surface area (Å²) in [5.41, 5.74) is 2.81. The Morgan fingerprint density at radius 3 is 2.53 bits per heavy atom. The lowest BCUT2D eigenvalue weighted by molar-refractivity contribution is 0.627. The molecule has 0 fully saturated rings. The summed E-state index contributed by atoms with van der Waals surface area (Å²) in [4.78, 5) is 18.7. The summed E-state index contributed by atoms with van der Waals surface area (Å²) in [6, 6.07) is 3.36. The molecule has 19 heavy (non-hydrogen) atoms. The van der Waals surface area contributed by atoms with Gasteiger partial charge in [0.15, 0.2) is 0 Å². The zero-order valence-corrected chi connectivity index (χ0v) is 11.5. The van der Waals surface area contributed by atoms with Gasteiger partial charge in [-0.15, -0.1) is 0 Å². The molecule has 1 aromatic carbocycles. The normalized spacial score (nSPS) is 11.1. The molecular formula is C15H17FN2O. The minimum atomic E-state index is -0.336. The number of hydrogen-bond donors (Lipinski definition) is 1. The molecule has 0 atom stereocenters. The predicted octanol–water partition coefficient (Wildman–Crippen LogP) is 3.32. The maximum Gasteiger partial charge on any atom is 0.254 e. The lowest BCUT2D eigenvalue weighted by Gasteiger charge is -2.13. The van der Waals surface area contributed by atoms with Crippen LogP contribution in [0.1, 0.15) is 36.5 Å². The van der Waals surface area contributed by atoms with Gasteiger partial charge in [0.1, 0.15) is 5.82 Å². The highest BCUT2D eigenvalue weighted by molar-refractivity contribution is 5.68. The first-order chi connectivity index (χ1) is 8.91. The van der Waals surface area contributed by atoms with E-state index in [1.54, 1.807) is 0 Å². The largest absolute Gasteiger partial charge is 0.313 e. The van der Waals surface area contributed by atoms with Gasteiger partial charge in [-0.25, -0.2) is 9.37 Å². The maximum absolute atomic E-state index is 14.2. The molecule has 2 aromatic rings. The van der Waals surface area contributed by atoms with E-state index in [0.717, 1.165) is 11.1 Å². The number of aromatic amines is 1. The molecule has 1 N–H and O–H groups in total. The van der Waals surface area contributed by atoms with Crippen molar-refractivity contribution in [1.82, 2.24) is 9.97 Å². The SMILES string of the molecule is Cc1cc(C)c(-c2nc[nH]c(=O)c2C(C)C)c(F)c1.